The van der Waals surface area contributed by atoms with Crippen molar-refractivity contribution in [3.63, 3.8) is 0 Å². The van der Waals surface area contributed by atoms with Gasteiger partial charge in [-0.25, -0.2) is 0 Å². The molecule has 2 amide bonds. The Balaban J connectivity index is 1.33. The molecule has 1 N–H and O–H groups in total. The zero-order valence-corrected chi connectivity index (χ0v) is 14.6. The smallest absolute Gasteiger partial charge is 0.234 e. The first-order valence-corrected chi connectivity index (χ1v) is 9.12. The van der Waals surface area contributed by atoms with Crippen LogP contribution in [-0.4, -0.2) is 30.7 Å². The van der Waals surface area contributed by atoms with Crippen LogP contribution >= 0.6 is 0 Å². The van der Waals surface area contributed by atoms with Gasteiger partial charge in [0, 0.05) is 37.0 Å². The van der Waals surface area contributed by atoms with E-state index < -0.39 is 0 Å². The Bertz CT molecular complexity index is 711. The van der Waals surface area contributed by atoms with Gasteiger partial charge < -0.3 is 9.69 Å². The average Bonchev–Trinajstić information content (AvgIpc) is 2.48. The van der Waals surface area contributed by atoms with Gasteiger partial charge in [-0.2, -0.15) is 0 Å². The van der Waals surface area contributed by atoms with Crippen molar-refractivity contribution in [1.29, 1.82) is 0 Å². The SMILES string of the molecule is CC(=O)CC1CC2(C1)CN(c1ccc(C3CCC(=O)NC3=O)cc1)C2. The van der Waals surface area contributed by atoms with Crippen molar-refractivity contribution < 1.29 is 14.4 Å². The Labute approximate surface area is 147 Å². The van der Waals surface area contributed by atoms with Crippen molar-refractivity contribution in [2.75, 3.05) is 18.0 Å². The summed E-state index contributed by atoms with van der Waals surface area (Å²) in [5, 5.41) is 2.42. The Kier molecular flexibility index (Phi) is 3.89. The maximum absolute atomic E-state index is 12.0. The number of piperidine rings is 1. The number of amides is 2. The van der Waals surface area contributed by atoms with E-state index in [4.69, 9.17) is 0 Å². The molecule has 1 spiro atoms. The topological polar surface area (TPSA) is 66.5 Å². The highest BCUT2D eigenvalue weighted by molar-refractivity contribution is 6.00. The largest absolute Gasteiger partial charge is 0.370 e. The van der Waals surface area contributed by atoms with Gasteiger partial charge in [0.1, 0.15) is 5.78 Å². The molecule has 1 aromatic carbocycles. The molecule has 3 fully saturated rings. The molecule has 4 rings (SSSR count). The van der Waals surface area contributed by atoms with Gasteiger partial charge in [0.05, 0.1) is 5.92 Å². The van der Waals surface area contributed by atoms with E-state index in [0.29, 0.717) is 30.0 Å². The van der Waals surface area contributed by atoms with E-state index in [0.717, 1.165) is 25.1 Å². The molecule has 3 aliphatic rings. The quantitative estimate of drug-likeness (QED) is 0.855. The van der Waals surface area contributed by atoms with E-state index in [-0.39, 0.29) is 17.7 Å². The van der Waals surface area contributed by atoms with Crippen LogP contribution in [0.25, 0.3) is 0 Å². The van der Waals surface area contributed by atoms with Crippen molar-refractivity contribution in [1.82, 2.24) is 5.32 Å². The first kappa shape index (κ1) is 16.3. The number of nitrogens with one attached hydrogen (secondary N) is 1. The number of carbonyl (C=O) groups is 3. The summed E-state index contributed by atoms with van der Waals surface area (Å²) in [4.78, 5) is 36.8. The van der Waals surface area contributed by atoms with E-state index in [1.54, 1.807) is 6.92 Å². The third kappa shape index (κ3) is 3.08. The van der Waals surface area contributed by atoms with Gasteiger partial charge >= 0.3 is 0 Å². The number of benzene rings is 1. The number of hydrogen-bond donors (Lipinski definition) is 1. The Morgan fingerprint density at radius 2 is 1.88 bits per heavy atom. The highest BCUT2D eigenvalue weighted by Gasteiger charge is 2.52. The maximum Gasteiger partial charge on any atom is 0.234 e. The lowest BCUT2D eigenvalue weighted by molar-refractivity contribution is -0.134. The van der Waals surface area contributed by atoms with Crippen molar-refractivity contribution in [3.05, 3.63) is 29.8 Å². The van der Waals surface area contributed by atoms with Crippen molar-refractivity contribution in [3.8, 4) is 0 Å². The lowest BCUT2D eigenvalue weighted by atomic mass is 9.56. The third-order valence-corrected chi connectivity index (χ3v) is 5.97. The summed E-state index contributed by atoms with van der Waals surface area (Å²) in [5.74, 6) is 0.327. The molecule has 1 saturated carbocycles. The van der Waals surface area contributed by atoms with E-state index in [1.165, 1.54) is 18.5 Å². The van der Waals surface area contributed by atoms with E-state index in [2.05, 4.69) is 22.3 Å². The molecule has 5 heteroatoms. The molecule has 132 valence electrons. The molecule has 0 radical (unpaired) electrons. The Morgan fingerprint density at radius 1 is 1.20 bits per heavy atom. The van der Waals surface area contributed by atoms with Crippen molar-refractivity contribution in [2.24, 2.45) is 11.3 Å². The molecule has 2 saturated heterocycles. The van der Waals surface area contributed by atoms with Crippen LogP contribution in [0.4, 0.5) is 5.69 Å². The van der Waals surface area contributed by atoms with Crippen LogP contribution in [0.2, 0.25) is 0 Å². The van der Waals surface area contributed by atoms with Gasteiger partial charge in [-0.3, -0.25) is 14.9 Å². The second kappa shape index (κ2) is 5.97. The van der Waals surface area contributed by atoms with Crippen LogP contribution in [0.3, 0.4) is 0 Å². The number of anilines is 1. The zero-order valence-electron chi connectivity index (χ0n) is 14.6. The number of ketones is 1. The predicted molar refractivity (Wildman–Crippen MR) is 94.2 cm³/mol. The summed E-state index contributed by atoms with van der Waals surface area (Å²) in [7, 11) is 0. The van der Waals surface area contributed by atoms with Crippen LogP contribution in [0.5, 0.6) is 0 Å². The van der Waals surface area contributed by atoms with Crippen LogP contribution < -0.4 is 10.2 Å². The molecule has 2 aliphatic heterocycles. The monoisotopic (exact) mass is 340 g/mol. The minimum atomic E-state index is -0.214. The molecule has 0 bridgehead atoms. The van der Waals surface area contributed by atoms with Crippen molar-refractivity contribution >= 4 is 23.3 Å². The molecule has 1 aromatic rings. The summed E-state index contributed by atoms with van der Waals surface area (Å²) >= 11 is 0. The molecule has 2 heterocycles. The summed E-state index contributed by atoms with van der Waals surface area (Å²) in [5.41, 5.74) is 2.61. The van der Waals surface area contributed by atoms with Gasteiger partial charge in [0.25, 0.3) is 0 Å². The van der Waals surface area contributed by atoms with E-state index >= 15 is 0 Å². The van der Waals surface area contributed by atoms with E-state index in [9.17, 15) is 14.4 Å². The summed E-state index contributed by atoms with van der Waals surface area (Å²) < 4.78 is 0. The number of nitrogens with zero attached hydrogens (tertiary/aromatic N) is 1. The Morgan fingerprint density at radius 3 is 2.48 bits per heavy atom. The molecule has 1 atom stereocenters. The lowest BCUT2D eigenvalue weighted by Crippen LogP contribution is -2.62. The number of carbonyl (C=O) groups excluding carboxylic acids is 3. The zero-order chi connectivity index (χ0) is 17.6. The number of imide groups is 1. The third-order valence-electron chi connectivity index (χ3n) is 5.97. The maximum atomic E-state index is 12.0. The summed E-state index contributed by atoms with van der Waals surface area (Å²) in [6.07, 6.45) is 4.10. The molecule has 5 nitrogen and oxygen atoms in total. The molecule has 0 aromatic heterocycles. The van der Waals surface area contributed by atoms with Crippen LogP contribution in [0.1, 0.15) is 50.5 Å². The molecule has 1 unspecified atom stereocenters. The minimum Gasteiger partial charge on any atom is -0.370 e. The fraction of sp³-hybridized carbons (Fsp3) is 0.550. The number of Topliss-reactive ketones (excluding diaryl/α,β-unsaturated/α-hetero) is 1. The number of hydrogen-bond acceptors (Lipinski definition) is 4. The van der Waals surface area contributed by atoms with Gasteiger partial charge in [-0.05, 0) is 49.8 Å². The first-order valence-electron chi connectivity index (χ1n) is 9.12. The molecule has 1 aliphatic carbocycles. The standard InChI is InChI=1S/C20H24N2O3/c1-13(23)8-14-9-20(10-14)11-22(12-20)16-4-2-15(3-5-16)17-6-7-18(24)21-19(17)25/h2-5,14,17H,6-12H2,1H3,(H,21,24,25). The normalized spacial score (nSPS) is 25.3. The van der Waals surface area contributed by atoms with Crippen LogP contribution in [0, 0.1) is 11.3 Å². The summed E-state index contributed by atoms with van der Waals surface area (Å²) in [6, 6.07) is 8.19. The first-order chi connectivity index (χ1) is 11.9. The minimum absolute atomic E-state index is 0.174. The molecular weight excluding hydrogens is 316 g/mol. The molecule has 25 heavy (non-hydrogen) atoms. The van der Waals surface area contributed by atoms with Gasteiger partial charge in [0.15, 0.2) is 0 Å². The fourth-order valence-electron chi connectivity index (χ4n) is 4.85. The average molecular weight is 340 g/mol. The number of rotatable bonds is 4. The van der Waals surface area contributed by atoms with Crippen LogP contribution in [0.15, 0.2) is 24.3 Å². The van der Waals surface area contributed by atoms with Crippen molar-refractivity contribution in [2.45, 2.75) is 44.9 Å². The predicted octanol–water partition coefficient (Wildman–Crippen LogP) is 2.40. The lowest BCUT2D eigenvalue weighted by Gasteiger charge is -2.60. The Hall–Kier alpha value is -2.17. The van der Waals surface area contributed by atoms with Gasteiger partial charge in [-0.15, -0.1) is 0 Å². The van der Waals surface area contributed by atoms with Gasteiger partial charge in [0.2, 0.25) is 11.8 Å². The second-order valence-corrected chi connectivity index (χ2v) is 8.13. The fourth-order valence-corrected chi connectivity index (χ4v) is 4.85. The highest BCUT2D eigenvalue weighted by atomic mass is 16.2. The summed E-state index contributed by atoms with van der Waals surface area (Å²) in [6.45, 7) is 3.82. The highest BCUT2D eigenvalue weighted by Crippen LogP contribution is 2.54. The van der Waals surface area contributed by atoms with Gasteiger partial charge in [-0.1, -0.05) is 12.1 Å². The van der Waals surface area contributed by atoms with E-state index in [1.807, 2.05) is 12.1 Å². The van der Waals surface area contributed by atoms with Crippen LogP contribution in [-0.2, 0) is 14.4 Å². The second-order valence-electron chi connectivity index (χ2n) is 8.13. The molecular formula is C20H24N2O3.